The summed E-state index contributed by atoms with van der Waals surface area (Å²) < 4.78 is 0. The normalized spacial score (nSPS) is 16.8. The number of thioether (sulfide) groups is 1. The summed E-state index contributed by atoms with van der Waals surface area (Å²) in [6, 6.07) is 0. The topological polar surface area (TPSA) is 0 Å². The van der Waals surface area contributed by atoms with Gasteiger partial charge in [-0.05, 0) is 31.1 Å². The van der Waals surface area contributed by atoms with Gasteiger partial charge in [-0.1, -0.05) is 38.7 Å². The highest BCUT2D eigenvalue weighted by atomic mass is 32.2. The van der Waals surface area contributed by atoms with Crippen LogP contribution in [-0.4, -0.2) is 5.75 Å². The van der Waals surface area contributed by atoms with E-state index < -0.39 is 0 Å². The van der Waals surface area contributed by atoms with Gasteiger partial charge in [0.2, 0.25) is 0 Å². The van der Waals surface area contributed by atoms with Gasteiger partial charge in [-0.15, -0.1) is 11.8 Å². The van der Waals surface area contributed by atoms with Gasteiger partial charge >= 0.3 is 0 Å². The molecule has 0 aliphatic carbocycles. The smallest absolute Gasteiger partial charge is 0.0100 e. The molecule has 0 spiro atoms. The molecule has 0 atom stereocenters. The van der Waals surface area contributed by atoms with Crippen molar-refractivity contribution in [3.05, 3.63) is 35.3 Å². The molecule has 0 fully saturated rings. The minimum Gasteiger partial charge on any atom is -0.126 e. The van der Waals surface area contributed by atoms with Crippen molar-refractivity contribution in [2.75, 3.05) is 5.75 Å². The Morgan fingerprint density at radius 3 is 2.62 bits per heavy atom. The fourth-order valence-corrected chi connectivity index (χ4v) is 2.28. The molecule has 0 amide bonds. The summed E-state index contributed by atoms with van der Waals surface area (Å²) in [5.41, 5.74) is 1.42. The number of hydrogen-bond donors (Lipinski definition) is 0. The van der Waals surface area contributed by atoms with Gasteiger partial charge in [0.1, 0.15) is 0 Å². The second kappa shape index (κ2) is 8.18. The van der Waals surface area contributed by atoms with Crippen LogP contribution in [0, 0.1) is 0 Å². The van der Waals surface area contributed by atoms with Gasteiger partial charge in [0.25, 0.3) is 0 Å². The molecule has 0 saturated carbocycles. The van der Waals surface area contributed by atoms with Crippen LogP contribution in [0.1, 0.15) is 33.6 Å². The fraction of sp³-hybridized carbons (Fsp3) is 0.500. The molecule has 1 aliphatic heterocycles. The Balaban J connectivity index is 0.000000671. The molecule has 0 N–H and O–H groups in total. The van der Waals surface area contributed by atoms with Crippen LogP contribution in [-0.2, 0) is 0 Å². The quantitative estimate of drug-likeness (QED) is 0.624. The largest absolute Gasteiger partial charge is 0.126 e. The SMILES string of the molecule is C=CC1=C(/C=C\C)SCCC1.CC. The Bertz CT molecular complexity index is 199. The predicted molar refractivity (Wildman–Crippen MR) is 65.1 cm³/mol. The van der Waals surface area contributed by atoms with Crippen molar-refractivity contribution in [1.29, 1.82) is 0 Å². The van der Waals surface area contributed by atoms with Crippen LogP contribution in [0.25, 0.3) is 0 Å². The molecule has 0 aromatic carbocycles. The van der Waals surface area contributed by atoms with Crippen LogP contribution in [0.3, 0.4) is 0 Å². The van der Waals surface area contributed by atoms with Crippen molar-refractivity contribution in [1.82, 2.24) is 0 Å². The van der Waals surface area contributed by atoms with Gasteiger partial charge in [-0.2, -0.15) is 0 Å². The first-order valence-corrected chi connectivity index (χ1v) is 5.98. The van der Waals surface area contributed by atoms with Gasteiger partial charge in [-0.3, -0.25) is 0 Å². The lowest BCUT2D eigenvalue weighted by Gasteiger charge is -2.14. The highest BCUT2D eigenvalue weighted by Gasteiger charge is 2.07. The Labute approximate surface area is 86.8 Å². The molecule has 0 aromatic rings. The zero-order chi connectivity index (χ0) is 10.1. The van der Waals surface area contributed by atoms with E-state index in [9.17, 15) is 0 Å². The van der Waals surface area contributed by atoms with E-state index in [0.29, 0.717) is 0 Å². The average Bonchev–Trinajstić information content (AvgIpc) is 2.22. The van der Waals surface area contributed by atoms with E-state index >= 15 is 0 Å². The van der Waals surface area contributed by atoms with E-state index in [1.807, 2.05) is 31.7 Å². The number of allylic oxidation sites excluding steroid dienone is 4. The molecule has 74 valence electrons. The molecular formula is C12H20S. The summed E-state index contributed by atoms with van der Waals surface area (Å²) in [4.78, 5) is 1.41. The highest BCUT2D eigenvalue weighted by molar-refractivity contribution is 8.03. The lowest BCUT2D eigenvalue weighted by Crippen LogP contribution is -1.94. The molecule has 1 heteroatoms. The van der Waals surface area contributed by atoms with Crippen LogP contribution in [0.4, 0.5) is 0 Å². The van der Waals surface area contributed by atoms with E-state index in [-0.39, 0.29) is 0 Å². The van der Waals surface area contributed by atoms with Gasteiger partial charge in [-0.25, -0.2) is 0 Å². The minimum absolute atomic E-state index is 1.20. The maximum absolute atomic E-state index is 3.81. The third-order valence-electron chi connectivity index (χ3n) is 1.73. The molecule has 0 unspecified atom stereocenters. The molecule has 0 nitrogen and oxygen atoms in total. The second-order valence-electron chi connectivity index (χ2n) is 2.55. The Kier molecular flexibility index (Phi) is 7.91. The first-order valence-electron chi connectivity index (χ1n) is 4.99. The molecule has 0 radical (unpaired) electrons. The molecule has 1 aliphatic rings. The summed E-state index contributed by atoms with van der Waals surface area (Å²) in [6.45, 7) is 9.87. The van der Waals surface area contributed by atoms with Crippen LogP contribution in [0.2, 0.25) is 0 Å². The molecule has 1 heterocycles. The van der Waals surface area contributed by atoms with Crippen LogP contribution in [0.5, 0.6) is 0 Å². The van der Waals surface area contributed by atoms with Gasteiger partial charge in [0, 0.05) is 4.91 Å². The van der Waals surface area contributed by atoms with Crippen LogP contribution >= 0.6 is 11.8 Å². The Morgan fingerprint density at radius 2 is 2.08 bits per heavy atom. The van der Waals surface area contributed by atoms with Crippen molar-refractivity contribution < 1.29 is 0 Å². The number of hydrogen-bond acceptors (Lipinski definition) is 1. The summed E-state index contributed by atoms with van der Waals surface area (Å²) >= 11 is 1.94. The molecule has 0 bridgehead atoms. The van der Waals surface area contributed by atoms with Crippen molar-refractivity contribution in [3.63, 3.8) is 0 Å². The standard InChI is InChI=1S/C10H14S.C2H6/c1-3-6-10-9(4-2)7-5-8-11-10;1-2/h3-4,6H,2,5,7-8H2,1H3;1-2H3/b6-3-;. The fourth-order valence-electron chi connectivity index (χ4n) is 1.17. The lowest BCUT2D eigenvalue weighted by molar-refractivity contribution is 0.926. The van der Waals surface area contributed by atoms with E-state index in [2.05, 4.69) is 25.7 Å². The highest BCUT2D eigenvalue weighted by Crippen LogP contribution is 2.30. The van der Waals surface area contributed by atoms with E-state index in [4.69, 9.17) is 0 Å². The van der Waals surface area contributed by atoms with Crippen molar-refractivity contribution in [2.45, 2.75) is 33.6 Å². The second-order valence-corrected chi connectivity index (χ2v) is 3.68. The molecule has 1 rings (SSSR count). The first-order chi connectivity index (χ1) is 6.38. The third-order valence-corrected chi connectivity index (χ3v) is 2.93. The van der Waals surface area contributed by atoms with Gasteiger partial charge in [0.05, 0.1) is 0 Å². The van der Waals surface area contributed by atoms with Crippen LogP contribution in [0.15, 0.2) is 35.3 Å². The molecular weight excluding hydrogens is 176 g/mol. The number of rotatable bonds is 2. The first kappa shape index (κ1) is 12.6. The zero-order valence-corrected chi connectivity index (χ0v) is 9.79. The van der Waals surface area contributed by atoms with Crippen molar-refractivity contribution in [2.24, 2.45) is 0 Å². The van der Waals surface area contributed by atoms with E-state index in [0.717, 1.165) is 0 Å². The predicted octanol–water partition coefficient (Wildman–Crippen LogP) is 4.56. The van der Waals surface area contributed by atoms with Crippen molar-refractivity contribution in [3.8, 4) is 0 Å². The lowest BCUT2D eigenvalue weighted by atomic mass is 10.1. The molecule has 0 aromatic heterocycles. The molecule has 13 heavy (non-hydrogen) atoms. The maximum Gasteiger partial charge on any atom is 0.0100 e. The molecule has 0 saturated heterocycles. The van der Waals surface area contributed by atoms with E-state index in [1.54, 1.807) is 0 Å². The summed E-state index contributed by atoms with van der Waals surface area (Å²) in [7, 11) is 0. The van der Waals surface area contributed by atoms with Crippen molar-refractivity contribution >= 4 is 11.8 Å². The van der Waals surface area contributed by atoms with E-state index in [1.165, 1.54) is 29.1 Å². The summed E-state index contributed by atoms with van der Waals surface area (Å²) in [5.74, 6) is 1.26. The monoisotopic (exact) mass is 196 g/mol. The third kappa shape index (κ3) is 4.37. The minimum atomic E-state index is 1.20. The zero-order valence-electron chi connectivity index (χ0n) is 8.97. The Hall–Kier alpha value is -0.430. The van der Waals surface area contributed by atoms with Crippen LogP contribution < -0.4 is 0 Å². The summed E-state index contributed by atoms with van der Waals surface area (Å²) in [6.07, 6.45) is 8.77. The van der Waals surface area contributed by atoms with Gasteiger partial charge in [0.15, 0.2) is 0 Å². The average molecular weight is 196 g/mol. The maximum atomic E-state index is 3.81. The summed E-state index contributed by atoms with van der Waals surface area (Å²) in [5, 5.41) is 0. The Morgan fingerprint density at radius 1 is 1.38 bits per heavy atom. The van der Waals surface area contributed by atoms with Gasteiger partial charge < -0.3 is 0 Å².